The van der Waals surface area contributed by atoms with Crippen LogP contribution in [-0.2, 0) is 22.3 Å². The molecular formula is C18H18F3N3O3S. The number of benzene rings is 1. The molecule has 6 nitrogen and oxygen atoms in total. The fraction of sp³-hybridized carbons (Fsp3) is 0.278. The molecule has 2 amide bonds. The zero-order chi connectivity index (χ0) is 20.7. The van der Waals surface area contributed by atoms with Crippen LogP contribution in [0.1, 0.15) is 22.9 Å². The molecule has 0 aliphatic heterocycles. The van der Waals surface area contributed by atoms with Gasteiger partial charge in [0.2, 0.25) is 5.91 Å². The zero-order valence-corrected chi connectivity index (χ0v) is 15.4. The number of hydrogen-bond acceptors (Lipinski definition) is 5. The van der Waals surface area contributed by atoms with Crippen LogP contribution in [0.2, 0.25) is 0 Å². The van der Waals surface area contributed by atoms with Crippen LogP contribution in [0.5, 0.6) is 0 Å². The van der Waals surface area contributed by atoms with Crippen LogP contribution in [0.3, 0.4) is 0 Å². The predicted octanol–water partition coefficient (Wildman–Crippen LogP) is 1.86. The molecule has 0 radical (unpaired) electrons. The topological polar surface area (TPSA) is 91.3 Å². The molecular weight excluding hydrogens is 395 g/mol. The van der Waals surface area contributed by atoms with E-state index in [-0.39, 0.29) is 17.9 Å². The number of aliphatic hydroxyl groups is 1. The van der Waals surface area contributed by atoms with E-state index in [0.29, 0.717) is 5.69 Å². The molecule has 0 saturated carbocycles. The van der Waals surface area contributed by atoms with Crippen molar-refractivity contribution in [1.82, 2.24) is 15.6 Å². The Hall–Kier alpha value is -2.59. The first-order valence-electron chi connectivity index (χ1n) is 8.16. The van der Waals surface area contributed by atoms with Gasteiger partial charge in [0.15, 0.2) is 6.10 Å². The molecule has 150 valence electrons. The minimum Gasteiger partial charge on any atom is -0.378 e. The highest BCUT2D eigenvalue weighted by molar-refractivity contribution is 7.80. The van der Waals surface area contributed by atoms with Gasteiger partial charge >= 0.3 is 6.18 Å². The molecule has 2 rings (SSSR count). The summed E-state index contributed by atoms with van der Waals surface area (Å²) in [4.78, 5) is 28.4. The minimum atomic E-state index is -4.52. The number of carbonyl (C=O) groups is 2. The van der Waals surface area contributed by atoms with Crippen molar-refractivity contribution in [3.8, 4) is 0 Å². The van der Waals surface area contributed by atoms with Crippen molar-refractivity contribution in [3.63, 3.8) is 0 Å². The number of nitrogens with one attached hydrogen (secondary N) is 2. The molecule has 10 heteroatoms. The maximum atomic E-state index is 12.6. The Morgan fingerprint density at radius 1 is 1.11 bits per heavy atom. The van der Waals surface area contributed by atoms with Gasteiger partial charge in [-0.25, -0.2) is 0 Å². The molecule has 28 heavy (non-hydrogen) atoms. The predicted molar refractivity (Wildman–Crippen MR) is 98.3 cm³/mol. The van der Waals surface area contributed by atoms with Crippen LogP contribution in [-0.4, -0.2) is 33.7 Å². The normalized spacial score (nSPS) is 13.5. The van der Waals surface area contributed by atoms with Gasteiger partial charge in [-0.1, -0.05) is 18.2 Å². The molecule has 1 aromatic heterocycles. The summed E-state index contributed by atoms with van der Waals surface area (Å²) < 4.78 is 37.7. The molecule has 1 heterocycles. The molecule has 0 spiro atoms. The van der Waals surface area contributed by atoms with Gasteiger partial charge in [-0.05, 0) is 29.8 Å². The number of aliphatic hydroxyl groups excluding tert-OH is 1. The quantitative estimate of drug-likeness (QED) is 0.522. The number of thiol groups is 1. The van der Waals surface area contributed by atoms with Crippen molar-refractivity contribution in [1.29, 1.82) is 0 Å². The second kappa shape index (κ2) is 9.56. The van der Waals surface area contributed by atoms with Crippen LogP contribution >= 0.6 is 12.6 Å². The number of halogens is 3. The monoisotopic (exact) mass is 413 g/mol. The van der Waals surface area contributed by atoms with E-state index >= 15 is 0 Å². The molecule has 0 aliphatic carbocycles. The number of aromatic nitrogens is 1. The maximum Gasteiger partial charge on any atom is 0.416 e. The molecule has 2 aromatic rings. The third-order valence-electron chi connectivity index (χ3n) is 3.79. The first-order valence-corrected chi connectivity index (χ1v) is 8.79. The smallest absolute Gasteiger partial charge is 0.378 e. The van der Waals surface area contributed by atoms with Crippen LogP contribution in [0.15, 0.2) is 48.7 Å². The summed E-state index contributed by atoms with van der Waals surface area (Å²) in [6.07, 6.45) is -4.68. The Morgan fingerprint density at radius 2 is 1.79 bits per heavy atom. The fourth-order valence-corrected chi connectivity index (χ4v) is 2.51. The van der Waals surface area contributed by atoms with Crippen molar-refractivity contribution in [2.75, 3.05) is 5.75 Å². The Morgan fingerprint density at radius 3 is 2.32 bits per heavy atom. The van der Waals surface area contributed by atoms with Crippen LogP contribution < -0.4 is 10.6 Å². The van der Waals surface area contributed by atoms with Crippen molar-refractivity contribution < 1.29 is 27.9 Å². The van der Waals surface area contributed by atoms with Gasteiger partial charge in [0.1, 0.15) is 6.04 Å². The van der Waals surface area contributed by atoms with Gasteiger partial charge in [0, 0.05) is 11.9 Å². The Bertz CT molecular complexity index is 801. The fourth-order valence-electron chi connectivity index (χ4n) is 2.25. The average Bonchev–Trinajstić information content (AvgIpc) is 2.69. The van der Waals surface area contributed by atoms with E-state index in [1.54, 1.807) is 24.4 Å². The second-order valence-corrected chi connectivity index (χ2v) is 6.17. The van der Waals surface area contributed by atoms with Gasteiger partial charge < -0.3 is 15.7 Å². The summed E-state index contributed by atoms with van der Waals surface area (Å²) >= 11 is 4.01. The van der Waals surface area contributed by atoms with Gasteiger partial charge in [-0.15, -0.1) is 0 Å². The molecule has 1 aromatic carbocycles. The highest BCUT2D eigenvalue weighted by Crippen LogP contribution is 2.29. The van der Waals surface area contributed by atoms with Gasteiger partial charge in [0.05, 0.1) is 17.8 Å². The van der Waals surface area contributed by atoms with Crippen molar-refractivity contribution in [2.45, 2.75) is 24.9 Å². The lowest BCUT2D eigenvalue weighted by Crippen LogP contribution is -2.49. The summed E-state index contributed by atoms with van der Waals surface area (Å²) in [6.45, 7) is 0.140. The van der Waals surface area contributed by atoms with Crippen molar-refractivity contribution >= 4 is 24.4 Å². The lowest BCUT2D eigenvalue weighted by atomic mass is 10.1. The van der Waals surface area contributed by atoms with Crippen LogP contribution in [0.25, 0.3) is 0 Å². The Kier molecular flexibility index (Phi) is 7.41. The Labute approximate surface area is 164 Å². The highest BCUT2D eigenvalue weighted by Gasteiger charge is 2.31. The average molecular weight is 413 g/mol. The van der Waals surface area contributed by atoms with E-state index in [1.807, 2.05) is 0 Å². The molecule has 0 saturated heterocycles. The Balaban J connectivity index is 1.95. The number of carbonyl (C=O) groups excluding carboxylic acids is 2. The molecule has 0 unspecified atom stereocenters. The van der Waals surface area contributed by atoms with E-state index < -0.39 is 35.7 Å². The number of rotatable bonds is 7. The highest BCUT2D eigenvalue weighted by atomic mass is 32.1. The third kappa shape index (κ3) is 5.96. The molecule has 2 atom stereocenters. The van der Waals surface area contributed by atoms with Gasteiger partial charge in [-0.3, -0.25) is 14.6 Å². The van der Waals surface area contributed by atoms with E-state index in [2.05, 4.69) is 28.2 Å². The standard InChI is InChI=1S/C18H18F3N3O3S/c19-18(20,21)12-6-4-11(5-7-12)15(25)17(27)24-14(10-28)16(26)23-9-13-3-1-2-8-22-13/h1-8,14-15,25,28H,9-10H2,(H,23,26)(H,24,27)/t14-,15+/m0/s1. The van der Waals surface area contributed by atoms with Crippen LogP contribution in [0, 0.1) is 0 Å². The van der Waals surface area contributed by atoms with E-state index in [9.17, 15) is 27.9 Å². The third-order valence-corrected chi connectivity index (χ3v) is 4.15. The minimum absolute atomic E-state index is 0.0303. The largest absolute Gasteiger partial charge is 0.416 e. The second-order valence-electron chi connectivity index (χ2n) is 5.80. The van der Waals surface area contributed by atoms with E-state index in [4.69, 9.17) is 0 Å². The van der Waals surface area contributed by atoms with Crippen molar-refractivity contribution in [3.05, 3.63) is 65.5 Å². The molecule has 0 fully saturated rings. The van der Waals surface area contributed by atoms with Crippen molar-refractivity contribution in [2.24, 2.45) is 0 Å². The van der Waals surface area contributed by atoms with E-state index in [0.717, 1.165) is 24.3 Å². The molecule has 0 aliphatic rings. The van der Waals surface area contributed by atoms with Gasteiger partial charge in [0.25, 0.3) is 5.91 Å². The number of hydrogen-bond donors (Lipinski definition) is 4. The summed E-state index contributed by atoms with van der Waals surface area (Å²) in [7, 11) is 0. The van der Waals surface area contributed by atoms with Crippen LogP contribution in [0.4, 0.5) is 13.2 Å². The number of pyridine rings is 1. The summed E-state index contributed by atoms with van der Waals surface area (Å²) in [6, 6.07) is 7.70. The van der Waals surface area contributed by atoms with Gasteiger partial charge in [-0.2, -0.15) is 25.8 Å². The van der Waals surface area contributed by atoms with E-state index in [1.165, 1.54) is 0 Å². The lowest BCUT2D eigenvalue weighted by Gasteiger charge is -2.19. The SMILES string of the molecule is O=C(NCc1ccccn1)[C@H](CS)NC(=O)[C@H](O)c1ccc(C(F)(F)F)cc1. The molecule has 3 N–H and O–H groups in total. The molecule has 0 bridgehead atoms. The maximum absolute atomic E-state index is 12.6. The first kappa shape index (κ1) is 21.7. The first-order chi connectivity index (χ1) is 13.2. The number of alkyl halides is 3. The number of amides is 2. The number of nitrogens with zero attached hydrogens (tertiary/aromatic N) is 1. The summed E-state index contributed by atoms with van der Waals surface area (Å²) in [5.41, 5.74) is -0.312. The lowest BCUT2D eigenvalue weighted by molar-refractivity contribution is -0.137. The summed E-state index contributed by atoms with van der Waals surface area (Å²) in [5.74, 6) is -1.50. The summed E-state index contributed by atoms with van der Waals surface area (Å²) in [5, 5.41) is 15.0. The zero-order valence-electron chi connectivity index (χ0n) is 14.5.